The summed E-state index contributed by atoms with van der Waals surface area (Å²) in [5.74, 6) is -3.94. The van der Waals surface area contributed by atoms with Crippen LogP contribution in [0.5, 0.6) is 0 Å². The van der Waals surface area contributed by atoms with Gasteiger partial charge in [-0.15, -0.1) is 0 Å². The molecular weight excluding hydrogens is 568 g/mol. The van der Waals surface area contributed by atoms with Crippen LogP contribution in [0.1, 0.15) is 78.6 Å². The summed E-state index contributed by atoms with van der Waals surface area (Å²) in [4.78, 5) is 42.0. The Morgan fingerprint density at radius 3 is 2.09 bits per heavy atom. The quantitative estimate of drug-likeness (QED) is 0.164. The lowest BCUT2D eigenvalue weighted by molar-refractivity contribution is -0.210. The second-order valence-electron chi connectivity index (χ2n) is 13.3. The first kappa shape index (κ1) is 35.3. The number of rotatable bonds is 11. The molecule has 4 N–H and O–H groups in total. The van der Waals surface area contributed by atoms with Gasteiger partial charge in [-0.05, 0) is 56.6 Å². The van der Waals surface area contributed by atoms with Crippen molar-refractivity contribution < 1.29 is 44.0 Å². The number of hydrogen-bond donors (Lipinski definition) is 4. The lowest BCUT2D eigenvalue weighted by Crippen LogP contribution is -2.70. The van der Waals surface area contributed by atoms with E-state index in [1.165, 1.54) is 26.0 Å². The van der Waals surface area contributed by atoms with Crippen LogP contribution in [0.25, 0.3) is 0 Å². The van der Waals surface area contributed by atoms with Gasteiger partial charge in [-0.3, -0.25) is 9.59 Å². The van der Waals surface area contributed by atoms with Gasteiger partial charge in [0.25, 0.3) is 0 Å². The van der Waals surface area contributed by atoms with E-state index < -0.39 is 78.7 Å². The van der Waals surface area contributed by atoms with Crippen LogP contribution in [0.15, 0.2) is 42.0 Å². The lowest BCUT2D eigenvalue weighted by Gasteiger charge is -2.57. The van der Waals surface area contributed by atoms with Crippen LogP contribution in [0.3, 0.4) is 0 Å². The fraction of sp³-hybridized carbons (Fsp3) is 0.667. The average molecular weight is 619 g/mol. The molecule has 0 heterocycles. The molecule has 9 nitrogen and oxygen atoms in total. The molecule has 0 aromatic heterocycles. The van der Waals surface area contributed by atoms with Crippen LogP contribution in [0.4, 0.5) is 0 Å². The minimum Gasteiger partial charge on any atom is -0.455 e. The predicted molar refractivity (Wildman–Crippen MR) is 165 cm³/mol. The average Bonchev–Trinajstić information content (AvgIpc) is 2.96. The number of ketones is 2. The molecule has 0 bridgehead atoms. The maximum Gasteiger partial charge on any atom is 0.338 e. The van der Waals surface area contributed by atoms with Gasteiger partial charge in [-0.25, -0.2) is 4.79 Å². The number of ether oxygens (including phenoxy) is 1. The van der Waals surface area contributed by atoms with Crippen molar-refractivity contribution in [2.45, 2.75) is 122 Å². The van der Waals surface area contributed by atoms with Gasteiger partial charge in [0, 0.05) is 18.3 Å². The zero-order valence-electron chi connectivity index (χ0n) is 26.8. The van der Waals surface area contributed by atoms with Crippen LogP contribution in [-0.4, -0.2) is 82.4 Å². The Kier molecular flexibility index (Phi) is 10.7. The molecule has 2 unspecified atom stereocenters. The largest absolute Gasteiger partial charge is 0.455 e. The topological polar surface area (TPSA) is 151 Å². The molecule has 43 heavy (non-hydrogen) atoms. The Morgan fingerprint density at radius 2 is 1.58 bits per heavy atom. The summed E-state index contributed by atoms with van der Waals surface area (Å²) in [5, 5.41) is 45.5. The summed E-state index contributed by atoms with van der Waals surface area (Å²) < 4.78 is 12.9. The van der Waals surface area contributed by atoms with E-state index in [0.717, 1.165) is 18.1 Å². The van der Waals surface area contributed by atoms with E-state index in [4.69, 9.17) is 9.16 Å². The third-order valence-corrected chi connectivity index (χ3v) is 15.0. The second-order valence-corrected chi connectivity index (χ2v) is 18.0. The number of esters is 1. The van der Waals surface area contributed by atoms with Gasteiger partial charge in [0.2, 0.25) is 0 Å². The number of aliphatic hydroxyl groups excluding tert-OH is 3. The van der Waals surface area contributed by atoms with Crippen molar-refractivity contribution in [1.29, 1.82) is 0 Å². The summed E-state index contributed by atoms with van der Waals surface area (Å²) in [5.41, 5.74) is -4.25. The summed E-state index contributed by atoms with van der Waals surface area (Å²) >= 11 is 0. The normalized spacial score (nSPS) is 32.5. The van der Waals surface area contributed by atoms with Crippen LogP contribution in [0, 0.1) is 16.7 Å². The molecule has 8 atom stereocenters. The first-order chi connectivity index (χ1) is 19.9. The maximum absolute atomic E-state index is 14.2. The van der Waals surface area contributed by atoms with Crippen molar-refractivity contribution >= 4 is 25.9 Å². The molecule has 10 heteroatoms. The molecule has 1 aromatic rings. The molecule has 2 aliphatic carbocycles. The van der Waals surface area contributed by atoms with Crippen molar-refractivity contribution in [3.8, 4) is 0 Å². The monoisotopic (exact) mass is 618 g/mol. The molecule has 0 saturated heterocycles. The van der Waals surface area contributed by atoms with E-state index >= 15 is 0 Å². The highest BCUT2D eigenvalue weighted by Gasteiger charge is 2.67. The van der Waals surface area contributed by atoms with E-state index in [2.05, 4.69) is 0 Å². The fourth-order valence-corrected chi connectivity index (χ4v) is 10.1. The third kappa shape index (κ3) is 6.32. The number of benzene rings is 1. The molecule has 0 radical (unpaired) electrons. The number of hydrogen-bond acceptors (Lipinski definition) is 9. The number of Topliss-reactive ketones (excluding diaryl/α,β-unsaturated/α-hetero) is 2. The fourth-order valence-electron chi connectivity index (χ4n) is 7.16. The van der Waals surface area contributed by atoms with Gasteiger partial charge in [-0.1, -0.05) is 58.9 Å². The summed E-state index contributed by atoms with van der Waals surface area (Å²) in [6.45, 7) is 14.0. The Labute approximate surface area is 256 Å². The third-order valence-electron chi connectivity index (χ3n) is 10.4. The summed E-state index contributed by atoms with van der Waals surface area (Å²) in [6, 6.07) is 10.3. The predicted octanol–water partition coefficient (Wildman–Crippen LogP) is 3.98. The van der Waals surface area contributed by atoms with E-state index in [9.17, 15) is 34.8 Å². The zero-order valence-corrected chi connectivity index (χ0v) is 27.8. The summed E-state index contributed by atoms with van der Waals surface area (Å²) in [7, 11) is -2.46. The molecule has 1 aromatic carbocycles. The summed E-state index contributed by atoms with van der Waals surface area (Å²) in [6.07, 6.45) is -5.71. The second kappa shape index (κ2) is 13.0. The number of carbonyl (C=O) groups excluding carboxylic acids is 3. The molecular formula is C33H50O9Si. The van der Waals surface area contributed by atoms with Crippen LogP contribution >= 0.6 is 0 Å². The van der Waals surface area contributed by atoms with Gasteiger partial charge < -0.3 is 29.6 Å². The van der Waals surface area contributed by atoms with Gasteiger partial charge in [0.15, 0.2) is 19.9 Å². The molecule has 0 amide bonds. The SMILES string of the molecule is CC[Si](CC)(CC)OC1C[C@H](O)C(=O)C([C@H](OC(=O)c2ccccc2)[C@]2(O)C[C@H](O)C(C)=CC2(C)C)[C@]1(C)C(=O)[C@@H](C)O. The highest BCUT2D eigenvalue weighted by atomic mass is 28.4. The van der Waals surface area contributed by atoms with E-state index in [1.54, 1.807) is 45.0 Å². The molecule has 1 saturated carbocycles. The Morgan fingerprint density at radius 1 is 1.02 bits per heavy atom. The standard InChI is InChI=1S/C33H50O9Si/c1-9-43(10-2,11-3)42-25-17-23(35)27(37)26(32(25,8)28(38)21(5)34)29(41-30(39)22-15-13-12-14-16-22)33(40)19-24(36)20(4)18-31(33,6)7/h12-16,18,21,23-26,29,34-36,40H,9-11,17,19H2,1-8H3/t21-,23+,24+,25?,26?,29+,32-,33-/m1/s1. The molecule has 2 aliphatic rings. The minimum absolute atomic E-state index is 0.159. The highest BCUT2D eigenvalue weighted by molar-refractivity contribution is 6.73. The molecule has 1 fully saturated rings. The Hall–Kier alpha value is -2.21. The van der Waals surface area contributed by atoms with Gasteiger partial charge >= 0.3 is 5.97 Å². The van der Waals surface area contributed by atoms with Crippen LogP contribution in [-0.2, 0) is 18.8 Å². The van der Waals surface area contributed by atoms with Crippen molar-refractivity contribution in [2.24, 2.45) is 16.7 Å². The van der Waals surface area contributed by atoms with E-state index in [1.807, 2.05) is 20.8 Å². The number of aliphatic hydroxyl groups is 4. The van der Waals surface area contributed by atoms with E-state index in [-0.39, 0.29) is 18.4 Å². The highest BCUT2D eigenvalue weighted by Crippen LogP contribution is 2.54. The smallest absolute Gasteiger partial charge is 0.338 e. The maximum atomic E-state index is 14.2. The van der Waals surface area contributed by atoms with Gasteiger partial charge in [0.05, 0.1) is 29.1 Å². The molecule has 240 valence electrons. The zero-order chi connectivity index (χ0) is 32.5. The molecule has 0 spiro atoms. The van der Waals surface area contributed by atoms with Crippen molar-refractivity contribution in [3.05, 3.63) is 47.5 Å². The van der Waals surface area contributed by atoms with Crippen molar-refractivity contribution in [3.63, 3.8) is 0 Å². The first-order valence-corrected chi connectivity index (χ1v) is 17.9. The first-order valence-electron chi connectivity index (χ1n) is 15.4. The lowest BCUT2D eigenvalue weighted by atomic mass is 9.53. The Balaban J connectivity index is 2.34. The van der Waals surface area contributed by atoms with Crippen molar-refractivity contribution in [1.82, 2.24) is 0 Å². The van der Waals surface area contributed by atoms with Crippen molar-refractivity contribution in [2.75, 3.05) is 0 Å². The van der Waals surface area contributed by atoms with Gasteiger partial charge in [-0.2, -0.15) is 0 Å². The molecule has 3 rings (SSSR count). The van der Waals surface area contributed by atoms with Crippen LogP contribution < -0.4 is 0 Å². The number of carbonyl (C=O) groups is 3. The van der Waals surface area contributed by atoms with Crippen LogP contribution in [0.2, 0.25) is 18.1 Å². The van der Waals surface area contributed by atoms with Gasteiger partial charge in [0.1, 0.15) is 23.9 Å². The van der Waals surface area contributed by atoms with E-state index in [0.29, 0.717) is 5.57 Å². The molecule has 0 aliphatic heterocycles. The Bertz CT molecular complexity index is 1200. The minimum atomic E-state index is -2.46.